The van der Waals surface area contributed by atoms with Gasteiger partial charge in [0.15, 0.2) is 0 Å². The number of halogens is 1. The van der Waals surface area contributed by atoms with Gasteiger partial charge >= 0.3 is 0 Å². The maximum absolute atomic E-state index is 12.8. The Morgan fingerprint density at radius 3 is 2.86 bits per heavy atom. The average molecular weight is 353 g/mol. The summed E-state index contributed by atoms with van der Waals surface area (Å²) in [5, 5.41) is 3.43. The first kappa shape index (κ1) is 16.5. The Morgan fingerprint density at radius 1 is 1.43 bits per heavy atom. The second-order valence-electron chi connectivity index (χ2n) is 5.98. The molecular weight excluding hydrogens is 328 g/mol. The predicted molar refractivity (Wildman–Crippen MR) is 90.7 cm³/mol. The molecule has 1 saturated heterocycles. The van der Waals surface area contributed by atoms with Gasteiger partial charge in [0.1, 0.15) is 0 Å². The van der Waals surface area contributed by atoms with E-state index in [0.29, 0.717) is 5.92 Å². The second kappa shape index (κ2) is 7.95. The van der Waals surface area contributed by atoms with Gasteiger partial charge < -0.3 is 10.2 Å². The normalized spacial score (nSPS) is 18.5. The number of piperidine rings is 1. The third-order valence-corrected chi connectivity index (χ3v) is 4.41. The van der Waals surface area contributed by atoms with Crippen LogP contribution in [0.1, 0.15) is 42.1 Å². The van der Waals surface area contributed by atoms with Crippen LogP contribution < -0.4 is 5.32 Å². The Kier molecular flexibility index (Phi) is 6.24. The number of nitrogens with zero attached hydrogens (tertiary/aromatic N) is 1. The van der Waals surface area contributed by atoms with Crippen molar-refractivity contribution in [1.82, 2.24) is 10.2 Å². The Balaban J connectivity index is 2.10. The zero-order chi connectivity index (χ0) is 15.2. The van der Waals surface area contributed by atoms with Crippen LogP contribution in [0.4, 0.5) is 0 Å². The van der Waals surface area contributed by atoms with Crippen LogP contribution in [0.15, 0.2) is 22.7 Å². The Morgan fingerprint density at radius 2 is 2.24 bits per heavy atom. The van der Waals surface area contributed by atoms with Crippen LogP contribution in [0.5, 0.6) is 0 Å². The molecule has 2 rings (SSSR count). The summed E-state index contributed by atoms with van der Waals surface area (Å²) in [6.07, 6.45) is 3.44. The van der Waals surface area contributed by atoms with Gasteiger partial charge in [0.2, 0.25) is 0 Å². The number of carbonyl (C=O) groups is 1. The molecule has 1 aromatic carbocycles. The van der Waals surface area contributed by atoms with Crippen molar-refractivity contribution in [2.24, 2.45) is 5.92 Å². The fourth-order valence-electron chi connectivity index (χ4n) is 2.98. The van der Waals surface area contributed by atoms with E-state index in [1.807, 2.05) is 30.0 Å². The lowest BCUT2D eigenvalue weighted by atomic mass is 9.98. The lowest BCUT2D eigenvalue weighted by Gasteiger charge is -2.30. The third-order valence-electron chi connectivity index (χ3n) is 3.95. The van der Waals surface area contributed by atoms with Gasteiger partial charge in [0, 0.05) is 23.1 Å². The number of carbonyl (C=O) groups excluding carboxylic acids is 1. The molecule has 1 aliphatic heterocycles. The molecule has 1 aromatic rings. The van der Waals surface area contributed by atoms with Gasteiger partial charge in [0.05, 0.1) is 0 Å². The molecule has 0 saturated carbocycles. The minimum absolute atomic E-state index is 0.159. The van der Waals surface area contributed by atoms with Crippen molar-refractivity contribution >= 4 is 21.8 Å². The molecule has 21 heavy (non-hydrogen) atoms. The van der Waals surface area contributed by atoms with E-state index >= 15 is 0 Å². The van der Waals surface area contributed by atoms with Gasteiger partial charge in [-0.25, -0.2) is 0 Å². The fraction of sp³-hybridized carbons (Fsp3) is 0.588. The molecule has 0 aliphatic carbocycles. The van der Waals surface area contributed by atoms with E-state index in [4.69, 9.17) is 0 Å². The monoisotopic (exact) mass is 352 g/mol. The molecule has 1 unspecified atom stereocenters. The van der Waals surface area contributed by atoms with Gasteiger partial charge in [-0.1, -0.05) is 22.9 Å². The Labute approximate surface area is 136 Å². The molecule has 0 aromatic heterocycles. The van der Waals surface area contributed by atoms with Crippen LogP contribution in [0.2, 0.25) is 0 Å². The molecule has 4 heteroatoms. The van der Waals surface area contributed by atoms with Gasteiger partial charge in [0.25, 0.3) is 5.91 Å². The zero-order valence-corrected chi connectivity index (χ0v) is 14.6. The summed E-state index contributed by atoms with van der Waals surface area (Å²) in [4.78, 5) is 14.8. The average Bonchev–Trinajstić information content (AvgIpc) is 2.46. The molecule has 1 N–H and O–H groups in total. The van der Waals surface area contributed by atoms with Crippen LogP contribution in [0.25, 0.3) is 0 Å². The Bertz CT molecular complexity index is 463. The minimum atomic E-state index is 0.159. The van der Waals surface area contributed by atoms with Crippen molar-refractivity contribution in [3.05, 3.63) is 33.8 Å². The van der Waals surface area contributed by atoms with Crippen molar-refractivity contribution in [3.63, 3.8) is 0 Å². The smallest absolute Gasteiger partial charge is 0.253 e. The van der Waals surface area contributed by atoms with Crippen LogP contribution in [-0.4, -0.2) is 37.0 Å². The van der Waals surface area contributed by atoms with Crippen molar-refractivity contribution in [3.8, 4) is 0 Å². The van der Waals surface area contributed by atoms with E-state index in [0.717, 1.165) is 48.2 Å². The molecule has 1 heterocycles. The van der Waals surface area contributed by atoms with E-state index in [2.05, 4.69) is 28.2 Å². The largest absolute Gasteiger partial charge is 0.338 e. The lowest BCUT2D eigenvalue weighted by Crippen LogP contribution is -2.41. The maximum atomic E-state index is 12.8. The standard InChI is InChI=1S/C17H25BrN2O/c1-3-7-20(12-14-5-4-6-19-11-14)17(21)15-8-13(2)9-16(18)10-15/h8-10,14,19H,3-7,11-12H2,1-2H3. The number of nitrogens with one attached hydrogen (secondary N) is 1. The quantitative estimate of drug-likeness (QED) is 0.877. The van der Waals surface area contributed by atoms with E-state index in [-0.39, 0.29) is 5.91 Å². The molecule has 116 valence electrons. The summed E-state index contributed by atoms with van der Waals surface area (Å²) in [5.74, 6) is 0.745. The molecule has 0 bridgehead atoms. The van der Waals surface area contributed by atoms with Crippen LogP contribution >= 0.6 is 15.9 Å². The Hall–Kier alpha value is -0.870. The number of aryl methyl sites for hydroxylation is 1. The first-order chi connectivity index (χ1) is 10.1. The van der Waals surface area contributed by atoms with Gasteiger partial charge in [-0.05, 0) is 69.0 Å². The first-order valence-electron chi connectivity index (χ1n) is 7.87. The summed E-state index contributed by atoms with van der Waals surface area (Å²) in [6.45, 7) is 8.00. The van der Waals surface area contributed by atoms with Crippen molar-refractivity contribution in [2.45, 2.75) is 33.1 Å². The van der Waals surface area contributed by atoms with Crippen LogP contribution in [0, 0.1) is 12.8 Å². The summed E-state index contributed by atoms with van der Waals surface area (Å²) < 4.78 is 0.974. The van der Waals surface area contributed by atoms with Crippen molar-refractivity contribution < 1.29 is 4.79 Å². The topological polar surface area (TPSA) is 32.3 Å². The summed E-state index contributed by atoms with van der Waals surface area (Å²) in [6, 6.07) is 5.94. The third kappa shape index (κ3) is 4.82. The molecule has 1 amide bonds. The summed E-state index contributed by atoms with van der Waals surface area (Å²) in [5.41, 5.74) is 1.91. The van der Waals surface area contributed by atoms with Crippen molar-refractivity contribution in [1.29, 1.82) is 0 Å². The van der Waals surface area contributed by atoms with E-state index in [1.165, 1.54) is 12.8 Å². The zero-order valence-electron chi connectivity index (χ0n) is 13.0. The number of rotatable bonds is 5. The summed E-state index contributed by atoms with van der Waals surface area (Å²) >= 11 is 3.49. The predicted octanol–water partition coefficient (Wildman–Crippen LogP) is 3.61. The minimum Gasteiger partial charge on any atom is -0.338 e. The highest BCUT2D eigenvalue weighted by molar-refractivity contribution is 9.10. The van der Waals surface area contributed by atoms with Gasteiger partial charge in [-0.2, -0.15) is 0 Å². The number of hydrogen-bond donors (Lipinski definition) is 1. The highest BCUT2D eigenvalue weighted by Crippen LogP contribution is 2.19. The maximum Gasteiger partial charge on any atom is 0.253 e. The number of amides is 1. The van der Waals surface area contributed by atoms with Crippen LogP contribution in [0.3, 0.4) is 0 Å². The number of benzene rings is 1. The molecule has 1 aliphatic rings. The highest BCUT2D eigenvalue weighted by atomic mass is 79.9. The number of hydrogen-bond acceptors (Lipinski definition) is 2. The molecule has 0 spiro atoms. The molecule has 0 radical (unpaired) electrons. The van der Waals surface area contributed by atoms with E-state index in [9.17, 15) is 4.79 Å². The van der Waals surface area contributed by atoms with Gasteiger partial charge in [-0.15, -0.1) is 0 Å². The van der Waals surface area contributed by atoms with E-state index in [1.54, 1.807) is 0 Å². The van der Waals surface area contributed by atoms with Crippen LogP contribution in [-0.2, 0) is 0 Å². The molecule has 1 fully saturated rings. The lowest BCUT2D eigenvalue weighted by molar-refractivity contribution is 0.0718. The van der Waals surface area contributed by atoms with E-state index < -0.39 is 0 Å². The molecular formula is C17H25BrN2O. The molecule has 1 atom stereocenters. The fourth-order valence-corrected chi connectivity index (χ4v) is 3.59. The second-order valence-corrected chi connectivity index (χ2v) is 6.90. The highest BCUT2D eigenvalue weighted by Gasteiger charge is 2.21. The molecule has 3 nitrogen and oxygen atoms in total. The summed E-state index contributed by atoms with van der Waals surface area (Å²) in [7, 11) is 0. The van der Waals surface area contributed by atoms with Gasteiger partial charge in [-0.3, -0.25) is 4.79 Å². The SMILES string of the molecule is CCCN(CC1CCCNC1)C(=O)c1cc(C)cc(Br)c1. The first-order valence-corrected chi connectivity index (χ1v) is 8.66. The van der Waals surface area contributed by atoms with Crippen molar-refractivity contribution in [2.75, 3.05) is 26.2 Å².